The van der Waals surface area contributed by atoms with Gasteiger partial charge in [0.1, 0.15) is 0 Å². The molecule has 5 nitrogen and oxygen atoms in total. The van der Waals surface area contributed by atoms with E-state index >= 15 is 0 Å². The number of ether oxygens (including phenoxy) is 1. The molecule has 0 atom stereocenters. The molecule has 3 rings (SSSR count). The van der Waals surface area contributed by atoms with E-state index in [1.54, 1.807) is 37.3 Å². The fraction of sp³-hybridized carbons (Fsp3) is 0.105. The van der Waals surface area contributed by atoms with Crippen molar-refractivity contribution in [1.29, 1.82) is 0 Å². The third-order valence-electron chi connectivity index (χ3n) is 3.93. The zero-order valence-corrected chi connectivity index (χ0v) is 14.6. The maximum Gasteiger partial charge on any atom is 0.337 e. The molecule has 0 radical (unpaired) electrons. The Bertz CT molecular complexity index is 1060. The molecule has 0 heterocycles. The monoisotopic (exact) mass is 355 g/mol. The standard InChI is InChI=1S/C19H17NO4S/c1-13-7-8-16(19(21)24-2)12-18(13)20-25(22,23)17-10-9-14-5-3-4-6-15(14)11-17/h3-12,20H,1-2H3. The van der Waals surface area contributed by atoms with Gasteiger partial charge in [0.25, 0.3) is 10.0 Å². The molecule has 0 aliphatic carbocycles. The summed E-state index contributed by atoms with van der Waals surface area (Å²) in [4.78, 5) is 11.8. The van der Waals surface area contributed by atoms with Crippen molar-refractivity contribution in [3.8, 4) is 0 Å². The van der Waals surface area contributed by atoms with Crippen LogP contribution < -0.4 is 4.72 Å². The first-order valence-corrected chi connectivity index (χ1v) is 9.09. The Kier molecular flexibility index (Phi) is 4.46. The Morgan fingerprint density at radius 1 is 0.960 bits per heavy atom. The lowest BCUT2D eigenvalue weighted by atomic mass is 10.1. The first kappa shape index (κ1) is 17.0. The highest BCUT2D eigenvalue weighted by molar-refractivity contribution is 7.92. The average Bonchev–Trinajstić information content (AvgIpc) is 2.62. The quantitative estimate of drug-likeness (QED) is 0.724. The number of aryl methyl sites for hydroxylation is 1. The molecule has 0 unspecified atom stereocenters. The molecule has 0 aromatic heterocycles. The lowest BCUT2D eigenvalue weighted by Gasteiger charge is -2.12. The number of sulfonamides is 1. The van der Waals surface area contributed by atoms with Gasteiger partial charge >= 0.3 is 5.97 Å². The number of rotatable bonds is 4. The van der Waals surface area contributed by atoms with Crippen LogP contribution >= 0.6 is 0 Å². The molecular weight excluding hydrogens is 338 g/mol. The number of nitrogens with one attached hydrogen (secondary N) is 1. The average molecular weight is 355 g/mol. The van der Waals surface area contributed by atoms with Crippen LogP contribution in [-0.2, 0) is 14.8 Å². The van der Waals surface area contributed by atoms with E-state index in [-0.39, 0.29) is 10.5 Å². The number of carbonyl (C=O) groups excluding carboxylic acids is 1. The summed E-state index contributed by atoms with van der Waals surface area (Å²) < 4.78 is 32.7. The highest BCUT2D eigenvalue weighted by atomic mass is 32.2. The van der Waals surface area contributed by atoms with Gasteiger partial charge in [0.05, 0.1) is 23.3 Å². The molecule has 0 saturated carbocycles. The minimum atomic E-state index is -3.78. The number of methoxy groups -OCH3 is 1. The van der Waals surface area contributed by atoms with Crippen LogP contribution in [0.3, 0.4) is 0 Å². The van der Waals surface area contributed by atoms with Crippen molar-refractivity contribution in [2.75, 3.05) is 11.8 Å². The SMILES string of the molecule is COC(=O)c1ccc(C)c(NS(=O)(=O)c2ccc3ccccc3c2)c1. The van der Waals surface area contributed by atoms with Gasteiger partial charge in [-0.1, -0.05) is 36.4 Å². The summed E-state index contributed by atoms with van der Waals surface area (Å²) in [6, 6.07) is 17.2. The van der Waals surface area contributed by atoms with E-state index in [0.717, 1.165) is 10.8 Å². The van der Waals surface area contributed by atoms with E-state index in [9.17, 15) is 13.2 Å². The van der Waals surface area contributed by atoms with Crippen molar-refractivity contribution in [3.63, 3.8) is 0 Å². The van der Waals surface area contributed by atoms with Gasteiger partial charge in [0.15, 0.2) is 0 Å². The molecule has 3 aromatic rings. The van der Waals surface area contributed by atoms with Gasteiger partial charge in [-0.15, -0.1) is 0 Å². The Morgan fingerprint density at radius 2 is 1.68 bits per heavy atom. The molecule has 0 aliphatic heterocycles. The Hall–Kier alpha value is -2.86. The lowest BCUT2D eigenvalue weighted by molar-refractivity contribution is 0.0601. The first-order chi connectivity index (χ1) is 11.9. The molecular formula is C19H17NO4S. The van der Waals surface area contributed by atoms with Gasteiger partial charge < -0.3 is 4.74 Å². The Balaban J connectivity index is 1.99. The van der Waals surface area contributed by atoms with E-state index in [1.165, 1.54) is 13.2 Å². The second-order valence-corrected chi connectivity index (χ2v) is 7.32. The molecule has 0 aliphatic rings. The summed E-state index contributed by atoms with van der Waals surface area (Å²) in [5, 5.41) is 1.80. The maximum atomic E-state index is 12.7. The normalized spacial score (nSPS) is 11.3. The van der Waals surface area contributed by atoms with E-state index in [2.05, 4.69) is 9.46 Å². The predicted octanol–water partition coefficient (Wildman–Crippen LogP) is 3.74. The second kappa shape index (κ2) is 6.57. The van der Waals surface area contributed by atoms with Crippen molar-refractivity contribution in [1.82, 2.24) is 0 Å². The number of fused-ring (bicyclic) bond motifs is 1. The number of carbonyl (C=O) groups is 1. The minimum Gasteiger partial charge on any atom is -0.465 e. The largest absolute Gasteiger partial charge is 0.465 e. The molecule has 0 bridgehead atoms. The van der Waals surface area contributed by atoms with Crippen molar-refractivity contribution >= 4 is 32.5 Å². The molecule has 6 heteroatoms. The molecule has 25 heavy (non-hydrogen) atoms. The highest BCUT2D eigenvalue weighted by Gasteiger charge is 2.17. The van der Waals surface area contributed by atoms with Gasteiger partial charge in [0, 0.05) is 0 Å². The van der Waals surface area contributed by atoms with Crippen molar-refractivity contribution in [2.24, 2.45) is 0 Å². The Morgan fingerprint density at radius 3 is 2.40 bits per heavy atom. The smallest absolute Gasteiger partial charge is 0.337 e. The van der Waals surface area contributed by atoms with Crippen LogP contribution in [0.4, 0.5) is 5.69 Å². The number of anilines is 1. The van der Waals surface area contributed by atoms with Crippen LogP contribution in [0.2, 0.25) is 0 Å². The number of benzene rings is 3. The first-order valence-electron chi connectivity index (χ1n) is 7.61. The minimum absolute atomic E-state index is 0.161. The zero-order chi connectivity index (χ0) is 18.0. The van der Waals surface area contributed by atoms with Gasteiger partial charge in [0.2, 0.25) is 0 Å². The lowest BCUT2D eigenvalue weighted by Crippen LogP contribution is -2.14. The second-order valence-electron chi connectivity index (χ2n) is 5.64. The number of hydrogen-bond donors (Lipinski definition) is 1. The molecule has 0 saturated heterocycles. The van der Waals surface area contributed by atoms with E-state index in [4.69, 9.17) is 0 Å². The van der Waals surface area contributed by atoms with Crippen molar-refractivity contribution < 1.29 is 17.9 Å². The third-order valence-corrected chi connectivity index (χ3v) is 5.30. The summed E-state index contributed by atoms with van der Waals surface area (Å²) in [5.41, 5.74) is 1.33. The summed E-state index contributed by atoms with van der Waals surface area (Å²) in [6.45, 7) is 1.76. The van der Waals surface area contributed by atoms with Gasteiger partial charge in [-0.25, -0.2) is 13.2 Å². The fourth-order valence-corrected chi connectivity index (χ4v) is 3.67. The summed E-state index contributed by atoms with van der Waals surface area (Å²) >= 11 is 0. The van der Waals surface area contributed by atoms with Crippen LogP contribution in [0, 0.1) is 6.92 Å². The third kappa shape index (κ3) is 3.49. The van der Waals surface area contributed by atoms with E-state index in [1.807, 2.05) is 24.3 Å². The molecule has 0 spiro atoms. The fourth-order valence-electron chi connectivity index (χ4n) is 2.52. The van der Waals surface area contributed by atoms with Crippen molar-refractivity contribution in [3.05, 3.63) is 71.8 Å². The highest BCUT2D eigenvalue weighted by Crippen LogP contribution is 2.24. The summed E-state index contributed by atoms with van der Waals surface area (Å²) in [6.07, 6.45) is 0. The van der Waals surface area contributed by atoms with Crippen LogP contribution in [-0.4, -0.2) is 21.5 Å². The topological polar surface area (TPSA) is 72.5 Å². The molecule has 0 fully saturated rings. The van der Waals surface area contributed by atoms with Crippen molar-refractivity contribution in [2.45, 2.75) is 11.8 Å². The van der Waals surface area contributed by atoms with Gasteiger partial charge in [-0.3, -0.25) is 4.72 Å². The number of hydrogen-bond acceptors (Lipinski definition) is 4. The zero-order valence-electron chi connectivity index (χ0n) is 13.8. The van der Waals surface area contributed by atoms with Crippen LogP contribution in [0.1, 0.15) is 15.9 Å². The molecule has 3 aromatic carbocycles. The molecule has 0 amide bonds. The van der Waals surface area contributed by atoms with Gasteiger partial charge in [-0.05, 0) is 47.5 Å². The van der Waals surface area contributed by atoms with E-state index < -0.39 is 16.0 Å². The number of esters is 1. The maximum absolute atomic E-state index is 12.7. The molecule has 128 valence electrons. The van der Waals surface area contributed by atoms with E-state index in [0.29, 0.717) is 11.3 Å². The van der Waals surface area contributed by atoms with Gasteiger partial charge in [-0.2, -0.15) is 0 Å². The van der Waals surface area contributed by atoms with Crippen LogP contribution in [0.15, 0.2) is 65.6 Å². The summed E-state index contributed by atoms with van der Waals surface area (Å²) in [5.74, 6) is -0.522. The van der Waals surface area contributed by atoms with Crippen LogP contribution in [0.5, 0.6) is 0 Å². The Labute approximate surface area is 146 Å². The molecule has 1 N–H and O–H groups in total. The predicted molar refractivity (Wildman–Crippen MR) is 97.3 cm³/mol. The van der Waals surface area contributed by atoms with Crippen LogP contribution in [0.25, 0.3) is 10.8 Å². The summed E-state index contributed by atoms with van der Waals surface area (Å²) in [7, 11) is -2.50.